The molecule has 2 aromatic heterocycles. The van der Waals surface area contributed by atoms with Crippen LogP contribution in [0.15, 0.2) is 48.5 Å². The van der Waals surface area contributed by atoms with E-state index in [2.05, 4.69) is 10.2 Å². The fraction of sp³-hybridized carbons (Fsp3) is 0.429. The first-order chi connectivity index (χ1) is 23.3. The topological polar surface area (TPSA) is 136 Å². The summed E-state index contributed by atoms with van der Waals surface area (Å²) >= 11 is 6.65. The number of aromatic nitrogens is 4. The average Bonchev–Trinajstić information content (AvgIpc) is 3.60. The van der Waals surface area contributed by atoms with Crippen molar-refractivity contribution >= 4 is 35.3 Å². The van der Waals surface area contributed by atoms with Crippen molar-refractivity contribution < 1.29 is 23.8 Å². The molecule has 0 aliphatic carbocycles. The number of halogens is 1. The van der Waals surface area contributed by atoms with Crippen molar-refractivity contribution in [3.63, 3.8) is 0 Å². The molecule has 4 aromatic rings. The number of esters is 1. The van der Waals surface area contributed by atoms with E-state index in [0.29, 0.717) is 53.4 Å². The number of quaternary nitrogens is 1. The van der Waals surface area contributed by atoms with E-state index in [-0.39, 0.29) is 30.5 Å². The summed E-state index contributed by atoms with van der Waals surface area (Å²) < 4.78 is 18.7. The van der Waals surface area contributed by atoms with E-state index in [9.17, 15) is 14.8 Å². The van der Waals surface area contributed by atoms with Gasteiger partial charge in [0.15, 0.2) is 11.4 Å². The van der Waals surface area contributed by atoms with Gasteiger partial charge in [0.1, 0.15) is 29.3 Å². The predicted molar refractivity (Wildman–Crippen MR) is 187 cm³/mol. The maximum atomic E-state index is 14.6. The van der Waals surface area contributed by atoms with E-state index in [1.807, 2.05) is 73.9 Å². The monoisotopic (exact) mass is 691 g/mol. The number of benzene rings is 2. The van der Waals surface area contributed by atoms with Crippen molar-refractivity contribution in [2.45, 2.75) is 64.9 Å². The predicted octanol–water partition coefficient (Wildman–Crippen LogP) is 5.73. The van der Waals surface area contributed by atoms with Gasteiger partial charge >= 0.3 is 12.1 Å². The molecule has 2 aromatic carbocycles. The normalized spacial score (nSPS) is 18.8. The van der Waals surface area contributed by atoms with Crippen LogP contribution in [0.2, 0.25) is 5.02 Å². The largest absolute Gasteiger partial charge is 0.627 e. The van der Waals surface area contributed by atoms with Gasteiger partial charge in [0.25, 0.3) is 0 Å². The lowest BCUT2D eigenvalue weighted by molar-refractivity contribution is 0.0498. The molecule has 2 aliphatic heterocycles. The van der Waals surface area contributed by atoms with Crippen molar-refractivity contribution in [2.24, 2.45) is 0 Å². The van der Waals surface area contributed by atoms with Crippen LogP contribution in [0.25, 0.3) is 11.4 Å². The third kappa shape index (κ3) is 7.10. The number of hydroxylamine groups is 2. The summed E-state index contributed by atoms with van der Waals surface area (Å²) in [5.74, 6) is 0.662. The third-order valence-corrected chi connectivity index (χ3v) is 9.08. The third-order valence-electron chi connectivity index (χ3n) is 8.71. The lowest BCUT2D eigenvalue weighted by Gasteiger charge is -2.40. The highest BCUT2D eigenvalue weighted by Crippen LogP contribution is 2.46. The number of rotatable bonds is 8. The fourth-order valence-electron chi connectivity index (χ4n) is 6.52. The molecule has 6 rings (SSSR count). The van der Waals surface area contributed by atoms with Crippen LogP contribution in [0.4, 0.5) is 16.4 Å². The molecule has 260 valence electrons. The molecule has 14 heteroatoms. The standard InChI is InChI=1S/C35H42ClN7O6/c1-35(2,3)49-34(45)37-24-11-9-17-40(20-24)33-38-28-27(41(33)19-23-10-7-8-12-26(23)36)21-43(4,46)31-29(28)39-42(30(31)32(44)48-6)18-22-13-15-25(47-5)16-14-22/h7-8,10,12-16,24H,9,11,17-21H2,1-6H3,(H,37,45)/t24-,43?/m1/s1. The Hall–Kier alpha value is -4.59. The summed E-state index contributed by atoms with van der Waals surface area (Å²) in [4.78, 5) is 33.3. The summed E-state index contributed by atoms with van der Waals surface area (Å²) in [7, 11) is 4.40. The van der Waals surface area contributed by atoms with Crippen LogP contribution in [0.5, 0.6) is 5.75 Å². The molecule has 1 fully saturated rings. The molecule has 0 spiro atoms. The Morgan fingerprint density at radius 1 is 1.08 bits per heavy atom. The second kappa shape index (κ2) is 13.4. The number of fused-ring (bicyclic) bond motifs is 3. The molecule has 0 radical (unpaired) electrons. The van der Waals surface area contributed by atoms with Crippen LogP contribution in [0, 0.1) is 5.21 Å². The number of carbonyl (C=O) groups excluding carboxylic acids is 2. The average molecular weight is 692 g/mol. The second-order valence-corrected chi connectivity index (χ2v) is 14.0. The molecule has 1 amide bonds. The smallest absolute Gasteiger partial charge is 0.407 e. The van der Waals surface area contributed by atoms with Gasteiger partial charge in [-0.2, -0.15) is 5.10 Å². The van der Waals surface area contributed by atoms with Crippen molar-refractivity contribution in [3.05, 3.63) is 81.3 Å². The molecule has 1 unspecified atom stereocenters. The molecule has 2 atom stereocenters. The van der Waals surface area contributed by atoms with E-state index in [4.69, 9.17) is 35.9 Å². The number of methoxy groups -OCH3 is 2. The summed E-state index contributed by atoms with van der Waals surface area (Å²) in [6, 6.07) is 14.8. The highest BCUT2D eigenvalue weighted by molar-refractivity contribution is 6.31. The molecule has 4 heterocycles. The van der Waals surface area contributed by atoms with Crippen molar-refractivity contribution in [2.75, 3.05) is 39.3 Å². The van der Waals surface area contributed by atoms with Crippen molar-refractivity contribution in [3.8, 4) is 17.1 Å². The van der Waals surface area contributed by atoms with Crippen molar-refractivity contribution in [1.82, 2.24) is 29.3 Å². The molecule has 0 saturated carbocycles. The van der Waals surface area contributed by atoms with Crippen LogP contribution in [-0.2, 0) is 29.1 Å². The van der Waals surface area contributed by atoms with Gasteiger partial charge in [-0.3, -0.25) is 0 Å². The first-order valence-electron chi connectivity index (χ1n) is 16.2. The zero-order chi connectivity index (χ0) is 35.1. The van der Waals surface area contributed by atoms with Gasteiger partial charge in [0, 0.05) is 24.2 Å². The first kappa shape index (κ1) is 34.3. The second-order valence-electron chi connectivity index (χ2n) is 13.6. The Morgan fingerprint density at radius 2 is 1.82 bits per heavy atom. The highest BCUT2D eigenvalue weighted by Gasteiger charge is 2.43. The van der Waals surface area contributed by atoms with E-state index < -0.39 is 22.3 Å². The Morgan fingerprint density at radius 3 is 2.49 bits per heavy atom. The SMILES string of the molecule is COC(=O)c1c2c(nn1Cc1ccc(OC)cc1)-c1nc(N3CCC[C@@H](NC(=O)OC(C)(C)C)C3)n(Cc3ccccc3Cl)c1C[N+]2(C)[O-]. The number of hydrogen-bond donors (Lipinski definition) is 1. The molecular weight excluding hydrogens is 650 g/mol. The summed E-state index contributed by atoms with van der Waals surface area (Å²) in [6.07, 6.45) is 1.10. The number of nitrogens with one attached hydrogen (secondary N) is 1. The van der Waals surface area contributed by atoms with Crippen LogP contribution in [0.3, 0.4) is 0 Å². The fourth-order valence-corrected chi connectivity index (χ4v) is 6.72. The van der Waals surface area contributed by atoms with Gasteiger partial charge in [0.2, 0.25) is 11.6 Å². The summed E-state index contributed by atoms with van der Waals surface area (Å²) in [5, 5.41) is 23.0. The van der Waals surface area contributed by atoms with E-state index >= 15 is 0 Å². The molecule has 2 aliphatic rings. The van der Waals surface area contributed by atoms with Crippen LogP contribution < -0.4 is 19.6 Å². The number of carbonyl (C=O) groups is 2. The van der Waals surface area contributed by atoms with Gasteiger partial charge in [-0.15, -0.1) is 0 Å². The number of anilines is 1. The highest BCUT2D eigenvalue weighted by atomic mass is 35.5. The van der Waals surface area contributed by atoms with Crippen molar-refractivity contribution in [1.29, 1.82) is 0 Å². The molecule has 0 bridgehead atoms. The quantitative estimate of drug-likeness (QED) is 0.140. The number of alkyl carbamates (subject to hydrolysis) is 1. The zero-order valence-electron chi connectivity index (χ0n) is 28.7. The lowest BCUT2D eigenvalue weighted by atomic mass is 10.1. The number of hydrogen-bond acceptors (Lipinski definition) is 9. The molecule has 1 saturated heterocycles. The van der Waals surface area contributed by atoms with E-state index in [0.717, 1.165) is 24.0 Å². The maximum Gasteiger partial charge on any atom is 0.407 e. The van der Waals surface area contributed by atoms with Gasteiger partial charge < -0.3 is 38.8 Å². The number of imidazole rings is 1. The van der Waals surface area contributed by atoms with E-state index in [1.54, 1.807) is 7.11 Å². The van der Waals surface area contributed by atoms with Gasteiger partial charge in [-0.25, -0.2) is 19.3 Å². The number of piperidine rings is 1. The summed E-state index contributed by atoms with van der Waals surface area (Å²) in [5.41, 5.74) is 2.89. The maximum absolute atomic E-state index is 14.6. The number of ether oxygens (including phenoxy) is 3. The molecule has 13 nitrogen and oxygen atoms in total. The van der Waals surface area contributed by atoms with Crippen LogP contribution in [-0.4, -0.2) is 77.4 Å². The van der Waals surface area contributed by atoms with Gasteiger partial charge in [-0.05, 0) is 62.9 Å². The minimum absolute atomic E-state index is 0.00850. The Balaban J connectivity index is 1.45. The van der Waals surface area contributed by atoms with Crippen LogP contribution >= 0.6 is 11.6 Å². The number of amides is 1. The van der Waals surface area contributed by atoms with E-state index in [1.165, 1.54) is 18.8 Å². The first-order valence-corrected chi connectivity index (χ1v) is 16.6. The molecule has 1 N–H and O–H groups in total. The molecule has 49 heavy (non-hydrogen) atoms. The number of nitrogens with zero attached hydrogens (tertiary/aromatic N) is 6. The Kier molecular flexibility index (Phi) is 9.36. The van der Waals surface area contributed by atoms with Gasteiger partial charge in [0.05, 0.1) is 34.4 Å². The van der Waals surface area contributed by atoms with Gasteiger partial charge in [-0.1, -0.05) is 41.9 Å². The summed E-state index contributed by atoms with van der Waals surface area (Å²) in [6.45, 7) is 7.21. The van der Waals surface area contributed by atoms with Crippen LogP contribution in [0.1, 0.15) is 60.9 Å². The Labute approximate surface area is 290 Å². The zero-order valence-corrected chi connectivity index (χ0v) is 29.4. The molecular formula is C35H42ClN7O6. The lowest BCUT2D eigenvalue weighted by Crippen LogP contribution is -2.49. The Bertz CT molecular complexity index is 1860. The minimum atomic E-state index is -0.897. The minimum Gasteiger partial charge on any atom is -0.627 e.